The van der Waals surface area contributed by atoms with E-state index < -0.39 is 0 Å². The van der Waals surface area contributed by atoms with Crippen LogP contribution in [0.4, 0.5) is 0 Å². The molecule has 21 heavy (non-hydrogen) atoms. The highest BCUT2D eigenvalue weighted by Crippen LogP contribution is 2.28. The predicted molar refractivity (Wildman–Crippen MR) is 91.1 cm³/mol. The second-order valence-electron chi connectivity index (χ2n) is 6.49. The Morgan fingerprint density at radius 2 is 1.76 bits per heavy atom. The van der Waals surface area contributed by atoms with Crippen LogP contribution in [0.5, 0.6) is 0 Å². The van der Waals surface area contributed by atoms with E-state index in [-0.39, 0.29) is 0 Å². The Bertz CT molecular complexity index is 607. The zero-order valence-electron chi connectivity index (χ0n) is 13.1. The van der Waals surface area contributed by atoms with Crippen molar-refractivity contribution in [3.8, 4) is 0 Å². The van der Waals surface area contributed by atoms with Gasteiger partial charge < -0.3 is 4.57 Å². The van der Waals surface area contributed by atoms with Crippen LogP contribution in [0.15, 0.2) is 24.3 Å². The average Bonchev–Trinajstić information content (AvgIpc) is 2.60. The molecule has 3 heteroatoms. The SMILES string of the molecule is CC(C)n1c(CN2CCCCCC2)cc2ccc(Cl)cc21. The summed E-state index contributed by atoms with van der Waals surface area (Å²) in [6.45, 7) is 8.05. The summed E-state index contributed by atoms with van der Waals surface area (Å²) in [5.74, 6) is 0. The Kier molecular flexibility index (Phi) is 4.56. The van der Waals surface area contributed by atoms with E-state index in [0.29, 0.717) is 6.04 Å². The van der Waals surface area contributed by atoms with Gasteiger partial charge in [0.25, 0.3) is 0 Å². The molecule has 0 N–H and O–H groups in total. The van der Waals surface area contributed by atoms with Crippen molar-refractivity contribution in [1.29, 1.82) is 0 Å². The fourth-order valence-corrected chi connectivity index (χ4v) is 3.67. The van der Waals surface area contributed by atoms with Gasteiger partial charge in [-0.05, 0) is 58.0 Å². The highest BCUT2D eigenvalue weighted by molar-refractivity contribution is 6.31. The third-order valence-electron chi connectivity index (χ3n) is 4.48. The maximum absolute atomic E-state index is 6.19. The van der Waals surface area contributed by atoms with Gasteiger partial charge in [-0.25, -0.2) is 0 Å². The third kappa shape index (κ3) is 3.27. The molecule has 2 heterocycles. The zero-order valence-corrected chi connectivity index (χ0v) is 13.9. The minimum absolute atomic E-state index is 0.461. The number of fused-ring (bicyclic) bond motifs is 1. The first kappa shape index (κ1) is 14.9. The van der Waals surface area contributed by atoms with Gasteiger partial charge in [0.05, 0.1) is 0 Å². The summed E-state index contributed by atoms with van der Waals surface area (Å²) in [7, 11) is 0. The van der Waals surface area contributed by atoms with Gasteiger partial charge in [0.1, 0.15) is 0 Å². The van der Waals surface area contributed by atoms with E-state index in [1.54, 1.807) is 0 Å². The van der Waals surface area contributed by atoms with E-state index in [9.17, 15) is 0 Å². The van der Waals surface area contributed by atoms with Crippen molar-refractivity contribution in [2.45, 2.75) is 52.1 Å². The van der Waals surface area contributed by atoms with E-state index in [2.05, 4.69) is 41.5 Å². The van der Waals surface area contributed by atoms with Crippen LogP contribution in [-0.2, 0) is 6.54 Å². The van der Waals surface area contributed by atoms with E-state index in [1.807, 2.05) is 6.07 Å². The number of nitrogens with zero attached hydrogens (tertiary/aromatic N) is 2. The fraction of sp³-hybridized carbons (Fsp3) is 0.556. The molecular formula is C18H25ClN2. The molecule has 1 saturated heterocycles. The van der Waals surface area contributed by atoms with Crippen LogP contribution in [0, 0.1) is 0 Å². The van der Waals surface area contributed by atoms with E-state index in [0.717, 1.165) is 11.6 Å². The van der Waals surface area contributed by atoms with Crippen molar-refractivity contribution in [3.63, 3.8) is 0 Å². The molecule has 0 bridgehead atoms. The first-order chi connectivity index (χ1) is 10.1. The lowest BCUT2D eigenvalue weighted by molar-refractivity contribution is 0.268. The summed E-state index contributed by atoms with van der Waals surface area (Å²) < 4.78 is 2.45. The Balaban J connectivity index is 1.95. The smallest absolute Gasteiger partial charge is 0.0500 e. The number of hydrogen-bond donors (Lipinski definition) is 0. The number of hydrogen-bond acceptors (Lipinski definition) is 1. The second kappa shape index (κ2) is 6.41. The van der Waals surface area contributed by atoms with E-state index in [4.69, 9.17) is 11.6 Å². The monoisotopic (exact) mass is 304 g/mol. The average molecular weight is 305 g/mol. The summed E-state index contributed by atoms with van der Waals surface area (Å²) in [4.78, 5) is 2.61. The molecule has 0 saturated carbocycles. The number of aromatic nitrogens is 1. The molecule has 0 atom stereocenters. The standard InChI is InChI=1S/C18H25ClN2/c1-14(2)21-17(13-20-9-5-3-4-6-10-20)11-15-7-8-16(19)12-18(15)21/h7-8,11-12,14H,3-6,9-10,13H2,1-2H3. The van der Waals surface area contributed by atoms with Gasteiger partial charge in [-0.1, -0.05) is 30.5 Å². The largest absolute Gasteiger partial charge is 0.341 e. The lowest BCUT2D eigenvalue weighted by Crippen LogP contribution is -2.25. The summed E-state index contributed by atoms with van der Waals surface area (Å²) in [6.07, 6.45) is 5.46. The predicted octanol–water partition coefficient (Wildman–Crippen LogP) is 5.25. The lowest BCUT2D eigenvalue weighted by Gasteiger charge is -2.22. The van der Waals surface area contributed by atoms with Gasteiger partial charge in [0.2, 0.25) is 0 Å². The molecule has 1 aliphatic heterocycles. The number of halogens is 1. The van der Waals surface area contributed by atoms with Crippen LogP contribution in [-0.4, -0.2) is 22.6 Å². The Hall–Kier alpha value is -0.990. The van der Waals surface area contributed by atoms with Crippen molar-refractivity contribution < 1.29 is 0 Å². The number of benzene rings is 1. The van der Waals surface area contributed by atoms with Gasteiger partial charge in [-0.3, -0.25) is 4.90 Å². The molecule has 0 spiro atoms. The van der Waals surface area contributed by atoms with Gasteiger partial charge in [0.15, 0.2) is 0 Å². The molecule has 1 aromatic carbocycles. The molecule has 0 radical (unpaired) electrons. The van der Waals surface area contributed by atoms with Crippen LogP contribution >= 0.6 is 11.6 Å². The van der Waals surface area contributed by atoms with Crippen LogP contribution in [0.1, 0.15) is 51.3 Å². The van der Waals surface area contributed by atoms with Gasteiger partial charge >= 0.3 is 0 Å². The molecular weight excluding hydrogens is 280 g/mol. The van der Waals surface area contributed by atoms with Crippen molar-refractivity contribution in [3.05, 3.63) is 35.0 Å². The molecule has 0 unspecified atom stereocenters. The zero-order chi connectivity index (χ0) is 14.8. The molecule has 114 valence electrons. The number of likely N-dealkylation sites (tertiary alicyclic amines) is 1. The quantitative estimate of drug-likeness (QED) is 0.751. The normalized spacial score (nSPS) is 17.5. The molecule has 2 aromatic rings. The highest BCUT2D eigenvalue weighted by Gasteiger charge is 2.16. The summed E-state index contributed by atoms with van der Waals surface area (Å²) in [5, 5.41) is 2.13. The first-order valence-corrected chi connectivity index (χ1v) is 8.54. The third-order valence-corrected chi connectivity index (χ3v) is 4.72. The Morgan fingerprint density at radius 3 is 2.43 bits per heavy atom. The Morgan fingerprint density at radius 1 is 1.05 bits per heavy atom. The van der Waals surface area contributed by atoms with Crippen molar-refractivity contribution >= 4 is 22.5 Å². The topological polar surface area (TPSA) is 8.17 Å². The molecule has 0 aliphatic carbocycles. The summed E-state index contributed by atoms with van der Waals surface area (Å²) >= 11 is 6.19. The minimum atomic E-state index is 0.461. The lowest BCUT2D eigenvalue weighted by atomic mass is 10.2. The van der Waals surface area contributed by atoms with Gasteiger partial charge in [0, 0.05) is 34.2 Å². The van der Waals surface area contributed by atoms with Crippen molar-refractivity contribution in [2.24, 2.45) is 0 Å². The maximum atomic E-state index is 6.19. The minimum Gasteiger partial charge on any atom is -0.341 e. The first-order valence-electron chi connectivity index (χ1n) is 8.17. The van der Waals surface area contributed by atoms with Gasteiger partial charge in [-0.2, -0.15) is 0 Å². The number of rotatable bonds is 3. The highest BCUT2D eigenvalue weighted by atomic mass is 35.5. The molecule has 0 amide bonds. The van der Waals surface area contributed by atoms with E-state index >= 15 is 0 Å². The molecule has 3 rings (SSSR count). The molecule has 1 aromatic heterocycles. The van der Waals surface area contributed by atoms with Crippen LogP contribution in [0.25, 0.3) is 10.9 Å². The Labute approximate surface area is 132 Å². The van der Waals surface area contributed by atoms with E-state index in [1.165, 1.54) is 55.4 Å². The van der Waals surface area contributed by atoms with Gasteiger partial charge in [-0.15, -0.1) is 0 Å². The van der Waals surface area contributed by atoms with Crippen LogP contribution in [0.2, 0.25) is 5.02 Å². The van der Waals surface area contributed by atoms with Crippen molar-refractivity contribution in [1.82, 2.24) is 9.47 Å². The summed E-state index contributed by atoms with van der Waals surface area (Å²) in [6, 6.07) is 9.04. The molecule has 2 nitrogen and oxygen atoms in total. The van der Waals surface area contributed by atoms with Crippen molar-refractivity contribution in [2.75, 3.05) is 13.1 Å². The van der Waals surface area contributed by atoms with Crippen LogP contribution in [0.3, 0.4) is 0 Å². The summed E-state index contributed by atoms with van der Waals surface area (Å²) in [5.41, 5.74) is 2.69. The molecule has 1 fully saturated rings. The molecule has 1 aliphatic rings. The fourth-order valence-electron chi connectivity index (χ4n) is 3.51. The maximum Gasteiger partial charge on any atom is 0.0500 e. The second-order valence-corrected chi connectivity index (χ2v) is 6.93. The van der Waals surface area contributed by atoms with Crippen LogP contribution < -0.4 is 0 Å².